The van der Waals surface area contributed by atoms with E-state index in [0.717, 1.165) is 37.8 Å². The maximum absolute atomic E-state index is 11.6. The van der Waals surface area contributed by atoms with Gasteiger partial charge < -0.3 is 15.1 Å². The predicted octanol–water partition coefficient (Wildman–Crippen LogP) is 2.38. The molecule has 4 rings (SSSR count). The van der Waals surface area contributed by atoms with Crippen molar-refractivity contribution in [3.05, 3.63) is 34.9 Å². The van der Waals surface area contributed by atoms with Gasteiger partial charge in [-0.1, -0.05) is 6.07 Å². The maximum Gasteiger partial charge on any atom is 0.335 e. The number of carboxylic acid groups (broad SMARTS) is 2. The lowest BCUT2D eigenvalue weighted by molar-refractivity contribution is -0.146. The first-order chi connectivity index (χ1) is 11.4. The summed E-state index contributed by atoms with van der Waals surface area (Å²) in [6.07, 6.45) is 4.16. The van der Waals surface area contributed by atoms with Crippen LogP contribution < -0.4 is 0 Å². The number of piperidine rings is 1. The second-order valence-corrected chi connectivity index (χ2v) is 7.76. The second kappa shape index (κ2) is 5.31. The minimum absolute atomic E-state index is 0.169. The van der Waals surface area contributed by atoms with E-state index in [9.17, 15) is 19.8 Å². The predicted molar refractivity (Wildman–Crippen MR) is 88.3 cm³/mol. The molecule has 2 bridgehead atoms. The summed E-state index contributed by atoms with van der Waals surface area (Å²) in [5.74, 6) is -1.50. The highest BCUT2D eigenvalue weighted by molar-refractivity contribution is 5.88. The van der Waals surface area contributed by atoms with E-state index in [4.69, 9.17) is 0 Å². The van der Waals surface area contributed by atoms with Gasteiger partial charge in [-0.05, 0) is 74.9 Å². The van der Waals surface area contributed by atoms with Crippen LogP contribution in [0.25, 0.3) is 0 Å². The van der Waals surface area contributed by atoms with Gasteiger partial charge in [0.25, 0.3) is 0 Å². The fraction of sp³-hybridized carbons (Fsp3) is 0.579. The molecule has 5 heteroatoms. The van der Waals surface area contributed by atoms with Gasteiger partial charge in [-0.3, -0.25) is 4.79 Å². The Bertz CT molecular complexity index is 715. The lowest BCUT2D eigenvalue weighted by atomic mass is 9.50. The summed E-state index contributed by atoms with van der Waals surface area (Å²) < 4.78 is 0. The topological polar surface area (TPSA) is 77.8 Å². The summed E-state index contributed by atoms with van der Waals surface area (Å²) in [6, 6.07) is 5.91. The van der Waals surface area contributed by atoms with E-state index in [-0.39, 0.29) is 11.3 Å². The van der Waals surface area contributed by atoms with Gasteiger partial charge in [0.2, 0.25) is 0 Å². The normalized spacial score (nSPS) is 35.0. The molecule has 1 saturated heterocycles. The summed E-state index contributed by atoms with van der Waals surface area (Å²) in [5.41, 5.74) is 2.47. The maximum atomic E-state index is 11.6. The minimum atomic E-state index is -0.911. The highest BCUT2D eigenvalue weighted by Crippen LogP contribution is 2.56. The first-order valence-electron chi connectivity index (χ1n) is 8.72. The van der Waals surface area contributed by atoms with E-state index in [1.165, 1.54) is 5.56 Å². The van der Waals surface area contributed by atoms with Crippen molar-refractivity contribution in [2.75, 3.05) is 13.6 Å². The Morgan fingerprint density at radius 1 is 1.25 bits per heavy atom. The molecule has 0 radical (unpaired) electrons. The molecule has 2 aliphatic carbocycles. The Kier molecular flexibility index (Phi) is 3.46. The lowest BCUT2D eigenvalue weighted by Crippen LogP contribution is -2.61. The quantitative estimate of drug-likeness (QED) is 0.871. The third-order valence-corrected chi connectivity index (χ3v) is 6.76. The number of likely N-dealkylation sites (N-methyl/N-ethyl adjacent to an activating group) is 1. The van der Waals surface area contributed by atoms with E-state index >= 15 is 0 Å². The molecule has 1 saturated carbocycles. The fourth-order valence-electron chi connectivity index (χ4n) is 5.58. The molecule has 1 unspecified atom stereocenters. The fourth-order valence-corrected chi connectivity index (χ4v) is 5.58. The molecule has 1 aromatic carbocycles. The van der Waals surface area contributed by atoms with E-state index in [1.54, 1.807) is 6.07 Å². The molecule has 1 heterocycles. The van der Waals surface area contributed by atoms with Gasteiger partial charge in [0.05, 0.1) is 11.5 Å². The second-order valence-electron chi connectivity index (χ2n) is 7.76. The molecule has 128 valence electrons. The number of aliphatic carboxylic acids is 1. The number of hydrogen-bond acceptors (Lipinski definition) is 3. The summed E-state index contributed by atoms with van der Waals surface area (Å²) in [4.78, 5) is 25.5. The molecule has 1 aromatic rings. The molecule has 4 atom stereocenters. The zero-order valence-electron chi connectivity index (χ0n) is 13.9. The van der Waals surface area contributed by atoms with Crippen LogP contribution in [0.4, 0.5) is 0 Å². The first-order valence-corrected chi connectivity index (χ1v) is 8.72. The van der Waals surface area contributed by atoms with E-state index in [1.807, 2.05) is 12.1 Å². The van der Waals surface area contributed by atoms with Crippen molar-refractivity contribution in [1.82, 2.24) is 4.90 Å². The average molecular weight is 329 g/mol. The van der Waals surface area contributed by atoms with Crippen molar-refractivity contribution in [2.24, 2.45) is 11.8 Å². The van der Waals surface area contributed by atoms with Crippen molar-refractivity contribution in [3.8, 4) is 0 Å². The molecule has 1 aliphatic heterocycles. The van der Waals surface area contributed by atoms with Crippen LogP contribution in [0.5, 0.6) is 0 Å². The molecule has 0 spiro atoms. The number of carbonyl (C=O) groups is 2. The minimum Gasteiger partial charge on any atom is -0.481 e. The van der Waals surface area contributed by atoms with Crippen molar-refractivity contribution < 1.29 is 19.8 Å². The summed E-state index contributed by atoms with van der Waals surface area (Å²) in [7, 11) is 2.16. The van der Waals surface area contributed by atoms with Crippen LogP contribution in [0.1, 0.15) is 47.2 Å². The van der Waals surface area contributed by atoms with Gasteiger partial charge in [0, 0.05) is 11.5 Å². The van der Waals surface area contributed by atoms with Gasteiger partial charge >= 0.3 is 11.9 Å². The van der Waals surface area contributed by atoms with Crippen LogP contribution in [0.3, 0.4) is 0 Å². The van der Waals surface area contributed by atoms with Gasteiger partial charge in [0.15, 0.2) is 0 Å². The third-order valence-electron chi connectivity index (χ3n) is 6.76. The summed E-state index contributed by atoms with van der Waals surface area (Å²) >= 11 is 0. The SMILES string of the molecule is CN1CC[C@]23CC(C(=O)O)CC[C@H]2[C@H]1Cc1ccc(C(=O)O)cc13. The van der Waals surface area contributed by atoms with Crippen LogP contribution in [-0.4, -0.2) is 46.7 Å². The number of nitrogens with zero attached hydrogens (tertiary/aromatic N) is 1. The Morgan fingerprint density at radius 2 is 2.04 bits per heavy atom. The Hall–Kier alpha value is -1.88. The number of benzene rings is 1. The number of fused-ring (bicyclic) bond motifs is 1. The summed E-state index contributed by atoms with van der Waals surface area (Å²) in [6.45, 7) is 0.949. The first kappa shape index (κ1) is 15.6. The monoisotopic (exact) mass is 329 g/mol. The third kappa shape index (κ3) is 2.10. The molecule has 24 heavy (non-hydrogen) atoms. The lowest BCUT2D eigenvalue weighted by Gasteiger charge is -2.59. The van der Waals surface area contributed by atoms with Crippen molar-refractivity contribution in [3.63, 3.8) is 0 Å². The average Bonchev–Trinajstić information content (AvgIpc) is 2.57. The van der Waals surface area contributed by atoms with Crippen molar-refractivity contribution in [1.29, 1.82) is 0 Å². The molecule has 5 nitrogen and oxygen atoms in total. The van der Waals surface area contributed by atoms with Gasteiger partial charge in [-0.15, -0.1) is 0 Å². The summed E-state index contributed by atoms with van der Waals surface area (Å²) in [5, 5.41) is 18.9. The van der Waals surface area contributed by atoms with Crippen molar-refractivity contribution >= 4 is 11.9 Å². The highest BCUT2D eigenvalue weighted by Gasteiger charge is 2.55. The molecule has 0 aromatic heterocycles. The number of rotatable bonds is 2. The Balaban J connectivity index is 1.87. The number of hydrogen-bond donors (Lipinski definition) is 2. The Labute approximate surface area is 141 Å². The van der Waals surface area contributed by atoms with Gasteiger partial charge in [0.1, 0.15) is 0 Å². The van der Waals surface area contributed by atoms with Crippen molar-refractivity contribution in [2.45, 2.75) is 43.6 Å². The molecule has 2 fully saturated rings. The molecule has 0 amide bonds. The number of aromatic carboxylic acids is 1. The zero-order valence-corrected chi connectivity index (χ0v) is 13.9. The van der Waals surface area contributed by atoms with E-state index in [2.05, 4.69) is 11.9 Å². The van der Waals surface area contributed by atoms with Gasteiger partial charge in [-0.25, -0.2) is 4.79 Å². The smallest absolute Gasteiger partial charge is 0.335 e. The van der Waals surface area contributed by atoms with Crippen LogP contribution in [0, 0.1) is 11.8 Å². The van der Waals surface area contributed by atoms with Crippen LogP contribution in [-0.2, 0) is 16.6 Å². The van der Waals surface area contributed by atoms with Gasteiger partial charge in [-0.2, -0.15) is 0 Å². The zero-order chi connectivity index (χ0) is 17.1. The number of carboxylic acids is 2. The molecular formula is C19H23NO4. The van der Waals surface area contributed by atoms with E-state index in [0.29, 0.717) is 23.9 Å². The molecule has 2 N–H and O–H groups in total. The van der Waals surface area contributed by atoms with Crippen LogP contribution in [0.15, 0.2) is 18.2 Å². The highest BCUT2D eigenvalue weighted by atomic mass is 16.4. The largest absolute Gasteiger partial charge is 0.481 e. The standard InChI is InChI=1S/C19H23NO4/c1-20-7-6-19-10-13(18(23)24)4-5-14(19)16(20)9-11-2-3-12(17(21)22)8-15(11)19/h2-3,8,13-14,16H,4-7,9-10H2,1H3,(H,21,22)(H,23,24)/t13?,14-,16+,19-/m0/s1. The van der Waals surface area contributed by atoms with Crippen LogP contribution in [0.2, 0.25) is 0 Å². The van der Waals surface area contributed by atoms with E-state index < -0.39 is 11.9 Å². The van der Waals surface area contributed by atoms with Crippen LogP contribution >= 0.6 is 0 Å². The molecule has 3 aliphatic rings. The number of likely N-dealkylation sites (tertiary alicyclic amines) is 1. The molecular weight excluding hydrogens is 306 g/mol. The Morgan fingerprint density at radius 3 is 2.75 bits per heavy atom.